The summed E-state index contributed by atoms with van der Waals surface area (Å²) >= 11 is 1.56. The third-order valence-electron chi connectivity index (χ3n) is 3.72. The van der Waals surface area contributed by atoms with Crippen LogP contribution in [0.4, 0.5) is 0 Å². The summed E-state index contributed by atoms with van der Waals surface area (Å²) < 4.78 is 10.4. The van der Waals surface area contributed by atoms with Gasteiger partial charge in [0.05, 0.1) is 25.3 Å². The summed E-state index contributed by atoms with van der Waals surface area (Å²) in [6, 6.07) is 7.39. The summed E-state index contributed by atoms with van der Waals surface area (Å²) in [6.07, 6.45) is 4.93. The summed E-state index contributed by atoms with van der Waals surface area (Å²) in [5.41, 5.74) is 4.66. The van der Waals surface area contributed by atoms with E-state index in [4.69, 9.17) is 9.47 Å². The number of benzene rings is 1. The van der Waals surface area contributed by atoms with Crippen LogP contribution in [-0.2, 0) is 12.8 Å². The van der Waals surface area contributed by atoms with Gasteiger partial charge in [-0.25, -0.2) is 5.43 Å². The van der Waals surface area contributed by atoms with E-state index < -0.39 is 0 Å². The van der Waals surface area contributed by atoms with Crippen molar-refractivity contribution in [3.05, 3.63) is 45.1 Å². The fourth-order valence-corrected chi connectivity index (χ4v) is 3.71. The Morgan fingerprint density at radius 3 is 2.57 bits per heavy atom. The maximum Gasteiger partial charge on any atom is 0.281 e. The van der Waals surface area contributed by atoms with E-state index in [1.54, 1.807) is 37.8 Å². The Kier molecular flexibility index (Phi) is 4.62. The van der Waals surface area contributed by atoms with Crippen molar-refractivity contribution in [2.75, 3.05) is 14.2 Å². The van der Waals surface area contributed by atoms with Crippen LogP contribution in [-0.4, -0.2) is 26.3 Å². The Balaban J connectivity index is 1.67. The maximum atomic E-state index is 12.1. The van der Waals surface area contributed by atoms with Gasteiger partial charge < -0.3 is 9.47 Å². The molecule has 0 fully saturated rings. The second kappa shape index (κ2) is 6.83. The summed E-state index contributed by atoms with van der Waals surface area (Å²) in [5, 5.41) is 4.02. The van der Waals surface area contributed by atoms with Gasteiger partial charge >= 0.3 is 0 Å². The number of fused-ring (bicyclic) bond motifs is 1. The molecule has 0 radical (unpaired) electrons. The molecule has 2 aromatic rings. The van der Waals surface area contributed by atoms with Crippen molar-refractivity contribution in [1.82, 2.24) is 5.43 Å². The highest BCUT2D eigenvalue weighted by Gasteiger charge is 2.18. The molecule has 1 N–H and O–H groups in total. The number of rotatable bonds is 5. The van der Waals surface area contributed by atoms with Gasteiger partial charge in [-0.05, 0) is 43.0 Å². The molecule has 1 aromatic carbocycles. The van der Waals surface area contributed by atoms with Crippen LogP contribution in [0.3, 0.4) is 0 Å². The van der Waals surface area contributed by atoms with E-state index in [0.29, 0.717) is 11.5 Å². The van der Waals surface area contributed by atoms with Crippen LogP contribution < -0.4 is 14.9 Å². The second-order valence-corrected chi connectivity index (χ2v) is 6.39. The van der Waals surface area contributed by atoms with Crippen molar-refractivity contribution in [1.29, 1.82) is 0 Å². The van der Waals surface area contributed by atoms with E-state index in [2.05, 4.69) is 10.5 Å². The predicted octanol–water partition coefficient (Wildman–Crippen LogP) is 3.02. The fraction of sp³-hybridized carbons (Fsp3) is 0.294. The SMILES string of the molecule is COc1cc(/C=N\NC(=O)c2cc3c(s2)CCC3)cc(OC)c1. The fourth-order valence-electron chi connectivity index (χ4n) is 2.57. The topological polar surface area (TPSA) is 59.9 Å². The van der Waals surface area contributed by atoms with Crippen molar-refractivity contribution < 1.29 is 14.3 Å². The lowest BCUT2D eigenvalue weighted by atomic mass is 10.2. The summed E-state index contributed by atoms with van der Waals surface area (Å²) in [6.45, 7) is 0. The standard InChI is InChI=1S/C17H18N2O3S/c1-21-13-6-11(7-14(9-13)22-2)10-18-19-17(20)16-8-12-4-3-5-15(12)23-16/h6-10H,3-5H2,1-2H3,(H,19,20)/b18-10-. The van der Waals surface area contributed by atoms with Crippen LogP contribution in [0.15, 0.2) is 29.4 Å². The van der Waals surface area contributed by atoms with Crippen LogP contribution in [0.25, 0.3) is 0 Å². The summed E-state index contributed by atoms with van der Waals surface area (Å²) in [5.74, 6) is 1.18. The average molecular weight is 330 g/mol. The van der Waals surface area contributed by atoms with Crippen LogP contribution in [0.5, 0.6) is 11.5 Å². The van der Waals surface area contributed by atoms with Gasteiger partial charge in [-0.1, -0.05) is 0 Å². The number of amides is 1. The lowest BCUT2D eigenvalue weighted by molar-refractivity contribution is 0.0959. The summed E-state index contributed by atoms with van der Waals surface area (Å²) in [7, 11) is 3.18. The molecule has 0 aliphatic heterocycles. The van der Waals surface area contributed by atoms with Gasteiger partial charge in [0.15, 0.2) is 0 Å². The molecule has 0 bridgehead atoms. The molecule has 120 valence electrons. The van der Waals surface area contributed by atoms with Gasteiger partial charge in [-0.3, -0.25) is 4.79 Å². The molecule has 1 aliphatic rings. The first-order chi connectivity index (χ1) is 11.2. The van der Waals surface area contributed by atoms with Crippen molar-refractivity contribution in [3.8, 4) is 11.5 Å². The highest BCUT2D eigenvalue weighted by atomic mass is 32.1. The Morgan fingerprint density at radius 1 is 1.17 bits per heavy atom. The molecule has 0 saturated heterocycles. The lowest BCUT2D eigenvalue weighted by Gasteiger charge is -2.05. The third-order valence-corrected chi connectivity index (χ3v) is 4.96. The second-order valence-electron chi connectivity index (χ2n) is 5.26. The van der Waals surface area contributed by atoms with Crippen molar-refractivity contribution >= 4 is 23.5 Å². The Hall–Kier alpha value is -2.34. The minimum atomic E-state index is -0.171. The molecule has 1 amide bonds. The molecule has 0 atom stereocenters. The number of nitrogens with one attached hydrogen (secondary N) is 1. The molecule has 5 nitrogen and oxygen atoms in total. The molecular formula is C17H18N2O3S. The maximum absolute atomic E-state index is 12.1. The largest absolute Gasteiger partial charge is 0.497 e. The number of thiophene rings is 1. The van der Waals surface area contributed by atoms with Crippen LogP contribution >= 0.6 is 11.3 Å². The van der Waals surface area contributed by atoms with Gasteiger partial charge in [-0.2, -0.15) is 5.10 Å². The first kappa shape index (κ1) is 15.6. The van der Waals surface area contributed by atoms with Crippen LogP contribution in [0, 0.1) is 0 Å². The highest BCUT2D eigenvalue weighted by molar-refractivity contribution is 7.14. The third kappa shape index (κ3) is 3.53. The number of hydrazone groups is 1. The van der Waals surface area contributed by atoms with E-state index in [0.717, 1.165) is 23.3 Å². The highest BCUT2D eigenvalue weighted by Crippen LogP contribution is 2.30. The number of aryl methyl sites for hydroxylation is 2. The minimum absolute atomic E-state index is 0.171. The zero-order valence-electron chi connectivity index (χ0n) is 13.1. The molecule has 0 spiro atoms. The van der Waals surface area contributed by atoms with Gasteiger partial charge in [-0.15, -0.1) is 11.3 Å². The minimum Gasteiger partial charge on any atom is -0.497 e. The van der Waals surface area contributed by atoms with E-state index in [1.165, 1.54) is 16.9 Å². The van der Waals surface area contributed by atoms with Crippen LogP contribution in [0.2, 0.25) is 0 Å². The number of hydrogen-bond acceptors (Lipinski definition) is 5. The number of methoxy groups -OCH3 is 2. The molecular weight excluding hydrogens is 312 g/mol. The number of nitrogens with zero attached hydrogens (tertiary/aromatic N) is 1. The number of carbonyl (C=O) groups is 1. The molecule has 3 rings (SSSR count). The summed E-state index contributed by atoms with van der Waals surface area (Å²) in [4.78, 5) is 14.2. The first-order valence-electron chi connectivity index (χ1n) is 7.37. The molecule has 1 heterocycles. The number of ether oxygens (including phenoxy) is 2. The molecule has 1 aliphatic carbocycles. The number of hydrogen-bond donors (Lipinski definition) is 1. The molecule has 0 saturated carbocycles. The van der Waals surface area contributed by atoms with Gasteiger partial charge in [0.25, 0.3) is 5.91 Å². The van der Waals surface area contributed by atoms with Crippen molar-refractivity contribution in [3.63, 3.8) is 0 Å². The smallest absolute Gasteiger partial charge is 0.281 e. The van der Waals surface area contributed by atoms with E-state index in [9.17, 15) is 4.79 Å². The molecule has 1 aromatic heterocycles. The van der Waals surface area contributed by atoms with E-state index in [1.807, 2.05) is 18.2 Å². The first-order valence-corrected chi connectivity index (χ1v) is 8.19. The number of carbonyl (C=O) groups excluding carboxylic acids is 1. The molecule has 0 unspecified atom stereocenters. The van der Waals surface area contributed by atoms with Crippen molar-refractivity contribution in [2.45, 2.75) is 19.3 Å². The predicted molar refractivity (Wildman–Crippen MR) is 91.0 cm³/mol. The molecule has 6 heteroatoms. The van der Waals surface area contributed by atoms with E-state index >= 15 is 0 Å². The zero-order valence-corrected chi connectivity index (χ0v) is 13.9. The Morgan fingerprint density at radius 2 is 1.91 bits per heavy atom. The van der Waals surface area contributed by atoms with Crippen molar-refractivity contribution in [2.24, 2.45) is 5.10 Å². The quantitative estimate of drug-likeness (QED) is 0.677. The molecule has 23 heavy (non-hydrogen) atoms. The zero-order chi connectivity index (χ0) is 16.2. The normalized spacial score (nSPS) is 13.1. The Labute approximate surface area is 138 Å². The van der Waals surface area contributed by atoms with Gasteiger partial charge in [0.2, 0.25) is 0 Å². The van der Waals surface area contributed by atoms with Crippen LogP contribution in [0.1, 0.15) is 32.1 Å². The van der Waals surface area contributed by atoms with Gasteiger partial charge in [0, 0.05) is 16.5 Å². The van der Waals surface area contributed by atoms with Gasteiger partial charge in [0.1, 0.15) is 11.5 Å². The monoisotopic (exact) mass is 330 g/mol. The Bertz CT molecular complexity index is 709. The van der Waals surface area contributed by atoms with E-state index in [-0.39, 0.29) is 5.91 Å². The lowest BCUT2D eigenvalue weighted by Crippen LogP contribution is -2.16. The average Bonchev–Trinajstić information content (AvgIpc) is 3.16.